The van der Waals surface area contributed by atoms with Gasteiger partial charge in [0.2, 0.25) is 0 Å². The smallest absolute Gasteiger partial charge is 0.304 e. The second-order valence-corrected chi connectivity index (χ2v) is 6.36. The third kappa shape index (κ3) is 5.00. The van der Waals surface area contributed by atoms with Crippen LogP contribution in [0.4, 0.5) is 0 Å². The molecule has 0 amide bonds. The Morgan fingerprint density at radius 3 is 2.62 bits per heavy atom. The van der Waals surface area contributed by atoms with E-state index in [4.69, 9.17) is 9.84 Å². The molecule has 0 spiro atoms. The number of hydrogen-bond acceptors (Lipinski definition) is 4. The molecular formula is C13H20N2O5S. The number of carboxylic acids is 1. The van der Waals surface area contributed by atoms with Crippen molar-refractivity contribution in [2.75, 3.05) is 20.7 Å². The van der Waals surface area contributed by atoms with Crippen LogP contribution in [0.15, 0.2) is 24.3 Å². The zero-order valence-corrected chi connectivity index (χ0v) is 13.1. The number of para-hydroxylation sites is 1. The highest BCUT2D eigenvalue weighted by atomic mass is 32.2. The molecule has 0 aromatic heterocycles. The Kier molecular flexibility index (Phi) is 6.13. The first-order valence-electron chi connectivity index (χ1n) is 6.36. The molecule has 8 heteroatoms. The molecule has 0 radical (unpaired) electrons. The van der Waals surface area contributed by atoms with E-state index in [-0.39, 0.29) is 13.0 Å². The highest BCUT2D eigenvalue weighted by Gasteiger charge is 2.22. The zero-order chi connectivity index (χ0) is 16.0. The molecule has 0 bridgehead atoms. The van der Waals surface area contributed by atoms with Crippen LogP contribution in [0.1, 0.15) is 24.9 Å². The lowest BCUT2D eigenvalue weighted by Crippen LogP contribution is -2.40. The first-order chi connectivity index (χ1) is 9.77. The predicted molar refractivity (Wildman–Crippen MR) is 78.3 cm³/mol. The third-order valence-corrected chi connectivity index (χ3v) is 4.64. The highest BCUT2D eigenvalue weighted by molar-refractivity contribution is 7.87. The van der Waals surface area contributed by atoms with Gasteiger partial charge in [0.25, 0.3) is 10.2 Å². The number of aliphatic carboxylic acids is 1. The molecule has 0 saturated heterocycles. The molecule has 1 aromatic carbocycles. The summed E-state index contributed by atoms with van der Waals surface area (Å²) in [5, 5.41) is 8.60. The molecule has 0 unspecified atom stereocenters. The van der Waals surface area contributed by atoms with Gasteiger partial charge in [0.15, 0.2) is 0 Å². The lowest BCUT2D eigenvalue weighted by Gasteiger charge is -2.22. The van der Waals surface area contributed by atoms with Crippen molar-refractivity contribution in [3.05, 3.63) is 29.8 Å². The molecule has 118 valence electrons. The van der Waals surface area contributed by atoms with E-state index in [1.54, 1.807) is 31.2 Å². The van der Waals surface area contributed by atoms with Crippen LogP contribution < -0.4 is 9.46 Å². The number of ether oxygens (including phenoxy) is 1. The maximum absolute atomic E-state index is 12.1. The number of methoxy groups -OCH3 is 1. The van der Waals surface area contributed by atoms with E-state index in [0.717, 1.165) is 4.31 Å². The number of rotatable bonds is 8. The van der Waals surface area contributed by atoms with Crippen molar-refractivity contribution in [3.63, 3.8) is 0 Å². The Bertz CT molecular complexity index is 588. The summed E-state index contributed by atoms with van der Waals surface area (Å²) in [6, 6.07) is 6.59. The maximum Gasteiger partial charge on any atom is 0.304 e. The van der Waals surface area contributed by atoms with Gasteiger partial charge in [0.1, 0.15) is 5.75 Å². The summed E-state index contributed by atoms with van der Waals surface area (Å²) in [5.74, 6) is -0.462. The lowest BCUT2D eigenvalue weighted by molar-refractivity contribution is -0.137. The largest absolute Gasteiger partial charge is 0.496 e. The monoisotopic (exact) mass is 316 g/mol. The van der Waals surface area contributed by atoms with Crippen LogP contribution in [-0.4, -0.2) is 44.5 Å². The van der Waals surface area contributed by atoms with Gasteiger partial charge in [-0.3, -0.25) is 4.79 Å². The fourth-order valence-corrected chi connectivity index (χ4v) is 2.86. The number of carboxylic acid groups (broad SMARTS) is 1. The topological polar surface area (TPSA) is 95.9 Å². The number of nitrogens with zero attached hydrogens (tertiary/aromatic N) is 1. The number of hydrogen-bond donors (Lipinski definition) is 2. The normalized spacial score (nSPS) is 13.1. The standard InChI is InChI=1S/C13H20N2O5S/c1-10(11-6-4-5-7-12(11)20-3)14-21(18,19)15(2)9-8-13(16)17/h4-7,10,14H,8-9H2,1-3H3,(H,16,17)/t10-/m0/s1. The fraction of sp³-hybridized carbons (Fsp3) is 0.462. The second-order valence-electron chi connectivity index (χ2n) is 4.55. The minimum Gasteiger partial charge on any atom is -0.496 e. The van der Waals surface area contributed by atoms with Crippen molar-refractivity contribution in [3.8, 4) is 5.75 Å². The van der Waals surface area contributed by atoms with Crippen molar-refractivity contribution >= 4 is 16.2 Å². The van der Waals surface area contributed by atoms with Crippen molar-refractivity contribution in [2.24, 2.45) is 0 Å². The van der Waals surface area contributed by atoms with Crippen LogP contribution in [0, 0.1) is 0 Å². The van der Waals surface area contributed by atoms with Crippen LogP contribution in [0.25, 0.3) is 0 Å². The maximum atomic E-state index is 12.1. The van der Waals surface area contributed by atoms with Crippen LogP contribution in [0.2, 0.25) is 0 Å². The van der Waals surface area contributed by atoms with Gasteiger partial charge in [-0.15, -0.1) is 0 Å². The summed E-state index contributed by atoms with van der Waals surface area (Å²) in [6.45, 7) is 1.60. The van der Waals surface area contributed by atoms with Crippen LogP contribution in [0.5, 0.6) is 5.75 Å². The molecule has 0 saturated carbocycles. The second kappa shape index (κ2) is 7.39. The molecular weight excluding hydrogens is 296 g/mol. The van der Waals surface area contributed by atoms with E-state index in [0.29, 0.717) is 11.3 Å². The van der Waals surface area contributed by atoms with Gasteiger partial charge in [-0.05, 0) is 13.0 Å². The summed E-state index contributed by atoms with van der Waals surface area (Å²) in [4.78, 5) is 10.5. The molecule has 0 aliphatic heterocycles. The molecule has 1 atom stereocenters. The van der Waals surface area contributed by atoms with Crippen LogP contribution >= 0.6 is 0 Å². The summed E-state index contributed by atoms with van der Waals surface area (Å²) in [6.07, 6.45) is -0.250. The van der Waals surface area contributed by atoms with Crippen molar-refractivity contribution < 1.29 is 23.1 Å². The minimum absolute atomic E-state index is 0.0939. The fourth-order valence-electron chi connectivity index (χ4n) is 1.77. The Morgan fingerprint density at radius 1 is 1.43 bits per heavy atom. The summed E-state index contributed by atoms with van der Waals surface area (Å²) < 4.78 is 32.9. The summed E-state index contributed by atoms with van der Waals surface area (Å²) in [5.41, 5.74) is 0.704. The van der Waals surface area contributed by atoms with Crippen molar-refractivity contribution in [1.82, 2.24) is 9.03 Å². The van der Waals surface area contributed by atoms with E-state index >= 15 is 0 Å². The molecule has 0 aliphatic carbocycles. The molecule has 0 fully saturated rings. The third-order valence-electron chi connectivity index (χ3n) is 2.98. The first kappa shape index (κ1) is 17.4. The van der Waals surface area contributed by atoms with Gasteiger partial charge in [0.05, 0.1) is 13.5 Å². The van der Waals surface area contributed by atoms with Gasteiger partial charge < -0.3 is 9.84 Å². The van der Waals surface area contributed by atoms with Gasteiger partial charge in [-0.1, -0.05) is 18.2 Å². The first-order valence-corrected chi connectivity index (χ1v) is 7.80. The molecule has 0 aliphatic rings. The van der Waals surface area contributed by atoms with Gasteiger partial charge in [-0.2, -0.15) is 17.4 Å². The van der Waals surface area contributed by atoms with E-state index in [2.05, 4.69) is 4.72 Å². The average molecular weight is 316 g/mol. The Morgan fingerprint density at radius 2 is 2.05 bits per heavy atom. The number of benzene rings is 1. The Labute approximate surface area is 124 Å². The zero-order valence-electron chi connectivity index (χ0n) is 12.2. The Hall–Kier alpha value is -1.64. The molecule has 1 aromatic rings. The molecule has 1 rings (SSSR count). The van der Waals surface area contributed by atoms with Gasteiger partial charge in [0, 0.05) is 25.2 Å². The molecule has 21 heavy (non-hydrogen) atoms. The van der Waals surface area contributed by atoms with E-state index in [1.807, 2.05) is 0 Å². The SMILES string of the molecule is COc1ccccc1[C@H](C)NS(=O)(=O)N(C)CCC(=O)O. The van der Waals surface area contributed by atoms with E-state index < -0.39 is 22.2 Å². The summed E-state index contributed by atoms with van der Waals surface area (Å²) in [7, 11) is -0.917. The average Bonchev–Trinajstić information content (AvgIpc) is 2.43. The quantitative estimate of drug-likeness (QED) is 0.746. The van der Waals surface area contributed by atoms with Crippen molar-refractivity contribution in [2.45, 2.75) is 19.4 Å². The van der Waals surface area contributed by atoms with Gasteiger partial charge in [-0.25, -0.2) is 0 Å². The highest BCUT2D eigenvalue weighted by Crippen LogP contribution is 2.25. The lowest BCUT2D eigenvalue weighted by atomic mass is 10.1. The minimum atomic E-state index is -3.76. The predicted octanol–water partition coefficient (Wildman–Crippen LogP) is 0.997. The van der Waals surface area contributed by atoms with Crippen LogP contribution in [0.3, 0.4) is 0 Å². The molecule has 2 N–H and O–H groups in total. The molecule has 7 nitrogen and oxygen atoms in total. The summed E-state index contributed by atoms with van der Waals surface area (Å²) >= 11 is 0. The van der Waals surface area contributed by atoms with E-state index in [1.165, 1.54) is 14.2 Å². The van der Waals surface area contributed by atoms with Gasteiger partial charge >= 0.3 is 5.97 Å². The van der Waals surface area contributed by atoms with Crippen molar-refractivity contribution in [1.29, 1.82) is 0 Å². The van der Waals surface area contributed by atoms with E-state index in [9.17, 15) is 13.2 Å². The molecule has 0 heterocycles. The Balaban J connectivity index is 2.80. The number of nitrogens with one attached hydrogen (secondary N) is 1. The van der Waals surface area contributed by atoms with Crippen LogP contribution in [-0.2, 0) is 15.0 Å². The number of carbonyl (C=O) groups is 1.